The highest BCUT2D eigenvalue weighted by Crippen LogP contribution is 2.21. The van der Waals surface area contributed by atoms with Crippen LogP contribution in [0.15, 0.2) is 23.1 Å². The van der Waals surface area contributed by atoms with Gasteiger partial charge < -0.3 is 10.5 Å². The van der Waals surface area contributed by atoms with E-state index >= 15 is 0 Å². The molecule has 0 aliphatic heterocycles. The minimum absolute atomic E-state index is 0.219. The zero-order valence-electron chi connectivity index (χ0n) is 10.2. The summed E-state index contributed by atoms with van der Waals surface area (Å²) in [7, 11) is -1.96. The molecule has 0 spiro atoms. The summed E-state index contributed by atoms with van der Waals surface area (Å²) in [6.07, 6.45) is 0. The van der Waals surface area contributed by atoms with Gasteiger partial charge in [-0.05, 0) is 37.6 Å². The van der Waals surface area contributed by atoms with Crippen LogP contribution >= 0.6 is 0 Å². The molecule has 0 bridgehead atoms. The highest BCUT2D eigenvalue weighted by Gasteiger charge is 2.17. The molecule has 0 fully saturated rings. The molecule has 0 saturated heterocycles. The molecule has 6 heteroatoms. The summed E-state index contributed by atoms with van der Waals surface area (Å²) >= 11 is 0. The molecule has 5 nitrogen and oxygen atoms in total. The minimum Gasteiger partial charge on any atom is -0.496 e. The molecule has 17 heavy (non-hydrogen) atoms. The molecule has 0 aliphatic rings. The van der Waals surface area contributed by atoms with Gasteiger partial charge in [0.1, 0.15) is 5.75 Å². The van der Waals surface area contributed by atoms with Gasteiger partial charge in [0.15, 0.2) is 0 Å². The molecule has 3 N–H and O–H groups in total. The van der Waals surface area contributed by atoms with Crippen molar-refractivity contribution in [2.24, 2.45) is 5.73 Å². The smallest absolute Gasteiger partial charge is 0.240 e. The first-order valence-electron chi connectivity index (χ1n) is 5.27. The Balaban J connectivity index is 3.04. The fraction of sp³-hybridized carbons (Fsp3) is 0.455. The Morgan fingerprint density at radius 3 is 2.59 bits per heavy atom. The van der Waals surface area contributed by atoms with Crippen molar-refractivity contribution in [1.82, 2.24) is 4.72 Å². The first-order valence-corrected chi connectivity index (χ1v) is 6.76. The maximum Gasteiger partial charge on any atom is 0.240 e. The van der Waals surface area contributed by atoms with Gasteiger partial charge in [0.25, 0.3) is 0 Å². The van der Waals surface area contributed by atoms with Gasteiger partial charge in [0.05, 0.1) is 12.0 Å². The molecule has 0 aliphatic carbocycles. The first-order chi connectivity index (χ1) is 7.90. The van der Waals surface area contributed by atoms with E-state index in [9.17, 15) is 8.42 Å². The van der Waals surface area contributed by atoms with Crippen molar-refractivity contribution in [3.8, 4) is 5.75 Å². The van der Waals surface area contributed by atoms with E-state index in [4.69, 9.17) is 10.5 Å². The van der Waals surface area contributed by atoms with E-state index in [1.54, 1.807) is 33.1 Å². The van der Waals surface area contributed by atoms with E-state index in [0.29, 0.717) is 5.75 Å². The van der Waals surface area contributed by atoms with E-state index in [2.05, 4.69) is 4.72 Å². The Labute approximate surface area is 102 Å². The second-order valence-corrected chi connectivity index (χ2v) is 5.60. The molecule has 1 rings (SSSR count). The summed E-state index contributed by atoms with van der Waals surface area (Å²) in [6.45, 7) is 3.77. The van der Waals surface area contributed by atoms with Crippen LogP contribution in [-0.4, -0.2) is 28.1 Å². The fourth-order valence-electron chi connectivity index (χ4n) is 1.40. The van der Waals surface area contributed by atoms with E-state index in [1.807, 2.05) is 0 Å². The Kier molecular flexibility index (Phi) is 4.50. The number of aryl methyl sites for hydroxylation is 1. The lowest BCUT2D eigenvalue weighted by molar-refractivity contribution is 0.411. The topological polar surface area (TPSA) is 81.4 Å². The zero-order valence-corrected chi connectivity index (χ0v) is 11.0. The van der Waals surface area contributed by atoms with Gasteiger partial charge in [0, 0.05) is 12.6 Å². The predicted octanol–water partition coefficient (Wildman–Crippen LogP) is 0.629. The number of nitrogens with two attached hydrogens (primary N) is 1. The van der Waals surface area contributed by atoms with Gasteiger partial charge in [-0.15, -0.1) is 0 Å². The van der Waals surface area contributed by atoms with Crippen LogP contribution in [0.3, 0.4) is 0 Å². The van der Waals surface area contributed by atoms with Gasteiger partial charge in [-0.2, -0.15) is 0 Å². The average Bonchev–Trinajstić information content (AvgIpc) is 2.28. The monoisotopic (exact) mass is 258 g/mol. The van der Waals surface area contributed by atoms with E-state index < -0.39 is 10.0 Å². The lowest BCUT2D eigenvalue weighted by atomic mass is 10.2. The number of hydrogen-bond acceptors (Lipinski definition) is 4. The number of hydrogen-bond donors (Lipinski definition) is 2. The fourth-order valence-corrected chi connectivity index (χ4v) is 2.74. The van der Waals surface area contributed by atoms with Crippen molar-refractivity contribution >= 4 is 10.0 Å². The van der Waals surface area contributed by atoms with E-state index in [-0.39, 0.29) is 17.5 Å². The summed E-state index contributed by atoms with van der Waals surface area (Å²) in [5, 5.41) is 0. The third-order valence-corrected chi connectivity index (χ3v) is 3.97. The molecular formula is C11H18N2O3S. The largest absolute Gasteiger partial charge is 0.496 e. The van der Waals surface area contributed by atoms with Crippen LogP contribution < -0.4 is 15.2 Å². The summed E-state index contributed by atoms with van der Waals surface area (Å²) in [6, 6.07) is 4.43. The molecule has 0 amide bonds. The van der Waals surface area contributed by atoms with Gasteiger partial charge in [-0.3, -0.25) is 0 Å². The molecule has 0 saturated carbocycles. The van der Waals surface area contributed by atoms with Crippen molar-refractivity contribution in [2.75, 3.05) is 13.7 Å². The Morgan fingerprint density at radius 2 is 2.12 bits per heavy atom. The summed E-state index contributed by atoms with van der Waals surface area (Å²) in [5.74, 6) is 0.663. The SMILES string of the molecule is COc1ccc(S(=O)(=O)N[C@H](C)CN)cc1C. The van der Waals surface area contributed by atoms with Crippen molar-refractivity contribution in [3.63, 3.8) is 0 Å². The van der Waals surface area contributed by atoms with Gasteiger partial charge in [0.2, 0.25) is 10.0 Å². The van der Waals surface area contributed by atoms with Crippen molar-refractivity contribution < 1.29 is 13.2 Å². The van der Waals surface area contributed by atoms with Gasteiger partial charge in [-0.25, -0.2) is 13.1 Å². The lowest BCUT2D eigenvalue weighted by Crippen LogP contribution is -2.37. The maximum atomic E-state index is 11.9. The average molecular weight is 258 g/mol. The normalized spacial score (nSPS) is 13.4. The van der Waals surface area contributed by atoms with Crippen molar-refractivity contribution in [2.45, 2.75) is 24.8 Å². The second-order valence-electron chi connectivity index (χ2n) is 3.89. The van der Waals surface area contributed by atoms with Crippen molar-refractivity contribution in [3.05, 3.63) is 23.8 Å². The van der Waals surface area contributed by atoms with E-state index in [1.165, 1.54) is 6.07 Å². The van der Waals surface area contributed by atoms with Crippen LogP contribution in [0.2, 0.25) is 0 Å². The molecule has 0 radical (unpaired) electrons. The van der Waals surface area contributed by atoms with Gasteiger partial charge in [-0.1, -0.05) is 0 Å². The summed E-state index contributed by atoms with van der Waals surface area (Å²) in [4.78, 5) is 0.219. The highest BCUT2D eigenvalue weighted by molar-refractivity contribution is 7.89. The molecule has 0 unspecified atom stereocenters. The van der Waals surface area contributed by atoms with Crippen molar-refractivity contribution in [1.29, 1.82) is 0 Å². The number of sulfonamides is 1. The number of benzene rings is 1. The summed E-state index contributed by atoms with van der Waals surface area (Å²) in [5.41, 5.74) is 6.16. The number of rotatable bonds is 5. The first kappa shape index (κ1) is 14.0. The van der Waals surface area contributed by atoms with Crippen LogP contribution in [0.5, 0.6) is 5.75 Å². The minimum atomic E-state index is -3.50. The molecule has 1 aromatic rings. The maximum absolute atomic E-state index is 11.9. The van der Waals surface area contributed by atoms with Crippen LogP contribution in [0.4, 0.5) is 0 Å². The predicted molar refractivity (Wildman–Crippen MR) is 66.6 cm³/mol. The quantitative estimate of drug-likeness (QED) is 0.811. The number of nitrogens with one attached hydrogen (secondary N) is 1. The Bertz CT molecular complexity index is 485. The third-order valence-electron chi connectivity index (χ3n) is 2.39. The highest BCUT2D eigenvalue weighted by atomic mass is 32.2. The number of methoxy groups -OCH3 is 1. The van der Waals surface area contributed by atoms with E-state index in [0.717, 1.165) is 5.56 Å². The zero-order chi connectivity index (χ0) is 13.1. The molecule has 1 aromatic carbocycles. The van der Waals surface area contributed by atoms with Crippen LogP contribution in [0.25, 0.3) is 0 Å². The molecule has 0 heterocycles. The Hall–Kier alpha value is -1.11. The summed E-state index contributed by atoms with van der Waals surface area (Å²) < 4.78 is 31.5. The molecular weight excluding hydrogens is 240 g/mol. The molecule has 96 valence electrons. The van der Waals surface area contributed by atoms with Crippen LogP contribution in [0, 0.1) is 6.92 Å². The van der Waals surface area contributed by atoms with Crippen LogP contribution in [-0.2, 0) is 10.0 Å². The third kappa shape index (κ3) is 3.42. The van der Waals surface area contributed by atoms with Gasteiger partial charge >= 0.3 is 0 Å². The molecule has 1 atom stereocenters. The Morgan fingerprint density at radius 1 is 1.47 bits per heavy atom. The standard InChI is InChI=1S/C11H18N2O3S/c1-8-6-10(4-5-11(8)16-3)17(14,15)13-9(2)7-12/h4-6,9,13H,7,12H2,1-3H3/t9-/m1/s1. The second kappa shape index (κ2) is 5.48. The lowest BCUT2D eigenvalue weighted by Gasteiger charge is -2.13. The van der Waals surface area contributed by atoms with Crippen LogP contribution in [0.1, 0.15) is 12.5 Å². The molecule has 0 aromatic heterocycles. The number of ether oxygens (including phenoxy) is 1.